The molecular weight excluding hydrogens is 285 g/mol. The number of hydroxylamine groups is 1. The molecule has 2 rings (SSSR count). The van der Waals surface area contributed by atoms with E-state index in [1.807, 2.05) is 7.05 Å². The first-order valence-corrected chi connectivity index (χ1v) is 6.65. The Morgan fingerprint density at radius 2 is 2.30 bits per heavy atom. The van der Waals surface area contributed by atoms with Crippen molar-refractivity contribution >= 4 is 17.6 Å². The van der Waals surface area contributed by atoms with Gasteiger partial charge < -0.3 is 5.32 Å². The standard InChI is InChI=1S/C13H17ClFN3O2/c1-18-6-5-11(16-13(19)17-20-2)12(18)8-3-4-9(14)10(15)7-8/h3-4,7,11-12H,5-6H2,1-2H3,(H2,16,17,19)/t11-,12-/m1/s1. The fraction of sp³-hybridized carbons (Fsp3) is 0.462. The first kappa shape index (κ1) is 15.0. The molecule has 1 heterocycles. The number of benzene rings is 1. The number of halogens is 2. The Kier molecular flexibility index (Phi) is 4.80. The summed E-state index contributed by atoms with van der Waals surface area (Å²) < 4.78 is 13.6. The van der Waals surface area contributed by atoms with Crippen molar-refractivity contribution in [2.75, 3.05) is 20.7 Å². The average molecular weight is 302 g/mol. The topological polar surface area (TPSA) is 53.6 Å². The Bertz CT molecular complexity index is 501. The maximum Gasteiger partial charge on any atom is 0.338 e. The van der Waals surface area contributed by atoms with E-state index in [1.54, 1.807) is 6.07 Å². The lowest BCUT2D eigenvalue weighted by Gasteiger charge is -2.26. The molecule has 0 aromatic heterocycles. The Balaban J connectivity index is 2.17. The van der Waals surface area contributed by atoms with Gasteiger partial charge in [0, 0.05) is 6.54 Å². The summed E-state index contributed by atoms with van der Waals surface area (Å²) in [6.45, 7) is 0.812. The molecule has 0 unspecified atom stereocenters. The summed E-state index contributed by atoms with van der Waals surface area (Å²) in [5.41, 5.74) is 3.00. The number of likely N-dealkylation sites (N-methyl/N-ethyl adjacent to an activating group) is 1. The van der Waals surface area contributed by atoms with E-state index in [4.69, 9.17) is 11.6 Å². The minimum Gasteiger partial charge on any atom is -0.332 e. The van der Waals surface area contributed by atoms with Crippen LogP contribution in [0.2, 0.25) is 5.02 Å². The van der Waals surface area contributed by atoms with E-state index in [0.29, 0.717) is 0 Å². The zero-order valence-electron chi connectivity index (χ0n) is 11.3. The molecule has 2 N–H and O–H groups in total. The number of nitrogens with zero attached hydrogens (tertiary/aromatic N) is 1. The lowest BCUT2D eigenvalue weighted by atomic mass is 10.0. The Hall–Kier alpha value is -1.37. The predicted octanol–water partition coefficient (Wildman–Crippen LogP) is 2.08. The molecule has 0 spiro atoms. The third kappa shape index (κ3) is 3.20. The van der Waals surface area contributed by atoms with Gasteiger partial charge in [-0.05, 0) is 31.2 Å². The maximum atomic E-state index is 13.6. The molecular formula is C13H17ClFN3O2. The van der Waals surface area contributed by atoms with Gasteiger partial charge in [-0.2, -0.15) is 0 Å². The zero-order valence-corrected chi connectivity index (χ0v) is 12.1. The molecule has 2 atom stereocenters. The van der Waals surface area contributed by atoms with Crippen molar-refractivity contribution < 1.29 is 14.0 Å². The molecule has 20 heavy (non-hydrogen) atoms. The largest absolute Gasteiger partial charge is 0.338 e. The van der Waals surface area contributed by atoms with Crippen LogP contribution in [-0.4, -0.2) is 37.7 Å². The molecule has 1 fully saturated rings. The normalized spacial score (nSPS) is 22.8. The second kappa shape index (κ2) is 6.39. The van der Waals surface area contributed by atoms with Gasteiger partial charge >= 0.3 is 6.03 Å². The smallest absolute Gasteiger partial charge is 0.332 e. The molecule has 1 aliphatic heterocycles. The van der Waals surface area contributed by atoms with Gasteiger partial charge in [-0.15, -0.1) is 0 Å². The van der Waals surface area contributed by atoms with Crippen LogP contribution >= 0.6 is 11.6 Å². The average Bonchev–Trinajstić information content (AvgIpc) is 2.74. The second-order valence-corrected chi connectivity index (χ2v) is 5.18. The van der Waals surface area contributed by atoms with Crippen LogP contribution in [0.3, 0.4) is 0 Å². The van der Waals surface area contributed by atoms with Gasteiger partial charge in [-0.25, -0.2) is 14.7 Å². The van der Waals surface area contributed by atoms with Crippen LogP contribution in [0.4, 0.5) is 9.18 Å². The van der Waals surface area contributed by atoms with Crippen LogP contribution in [0.25, 0.3) is 0 Å². The first-order valence-electron chi connectivity index (χ1n) is 6.27. The number of amides is 2. The third-order valence-corrected chi connectivity index (χ3v) is 3.75. The lowest BCUT2D eigenvalue weighted by Crippen LogP contribution is -2.44. The van der Waals surface area contributed by atoms with Crippen LogP contribution in [0.15, 0.2) is 18.2 Å². The molecule has 1 aromatic rings. The van der Waals surface area contributed by atoms with Crippen molar-refractivity contribution in [2.24, 2.45) is 0 Å². The molecule has 0 radical (unpaired) electrons. The van der Waals surface area contributed by atoms with Gasteiger partial charge in [0.05, 0.1) is 24.2 Å². The Morgan fingerprint density at radius 1 is 1.55 bits per heavy atom. The Morgan fingerprint density at radius 3 is 2.95 bits per heavy atom. The number of urea groups is 1. The molecule has 0 saturated carbocycles. The fourth-order valence-electron chi connectivity index (χ4n) is 2.57. The van der Waals surface area contributed by atoms with Gasteiger partial charge in [0.2, 0.25) is 0 Å². The number of carbonyl (C=O) groups is 1. The van der Waals surface area contributed by atoms with E-state index < -0.39 is 11.8 Å². The molecule has 1 aliphatic rings. The van der Waals surface area contributed by atoms with Crippen LogP contribution in [0.5, 0.6) is 0 Å². The second-order valence-electron chi connectivity index (χ2n) is 4.77. The first-order chi connectivity index (χ1) is 9.52. The molecule has 5 nitrogen and oxygen atoms in total. The van der Waals surface area contributed by atoms with Gasteiger partial charge in [0.25, 0.3) is 0 Å². The van der Waals surface area contributed by atoms with Crippen molar-refractivity contribution in [2.45, 2.75) is 18.5 Å². The highest BCUT2D eigenvalue weighted by Crippen LogP contribution is 2.32. The highest BCUT2D eigenvalue weighted by atomic mass is 35.5. The van der Waals surface area contributed by atoms with Crippen molar-refractivity contribution in [3.63, 3.8) is 0 Å². The summed E-state index contributed by atoms with van der Waals surface area (Å²) >= 11 is 5.70. The van der Waals surface area contributed by atoms with Crippen molar-refractivity contribution in [3.8, 4) is 0 Å². The van der Waals surface area contributed by atoms with Crippen LogP contribution in [-0.2, 0) is 4.84 Å². The molecule has 110 valence electrons. The lowest BCUT2D eigenvalue weighted by molar-refractivity contribution is 0.105. The number of hydrogen-bond acceptors (Lipinski definition) is 3. The van der Waals surface area contributed by atoms with Crippen LogP contribution in [0, 0.1) is 5.82 Å². The highest BCUT2D eigenvalue weighted by molar-refractivity contribution is 6.30. The molecule has 0 bridgehead atoms. The third-order valence-electron chi connectivity index (χ3n) is 3.45. The minimum absolute atomic E-state index is 0.0932. The van der Waals surface area contributed by atoms with E-state index in [9.17, 15) is 9.18 Å². The maximum absolute atomic E-state index is 13.6. The summed E-state index contributed by atoms with van der Waals surface area (Å²) in [5.74, 6) is -0.454. The van der Waals surface area contributed by atoms with E-state index in [0.717, 1.165) is 18.5 Å². The van der Waals surface area contributed by atoms with Crippen molar-refractivity contribution in [1.29, 1.82) is 0 Å². The molecule has 1 saturated heterocycles. The van der Waals surface area contributed by atoms with Gasteiger partial charge in [-0.1, -0.05) is 17.7 Å². The van der Waals surface area contributed by atoms with E-state index in [-0.39, 0.29) is 17.1 Å². The van der Waals surface area contributed by atoms with Gasteiger partial charge in [0.15, 0.2) is 0 Å². The number of likely N-dealkylation sites (tertiary alicyclic amines) is 1. The van der Waals surface area contributed by atoms with Gasteiger partial charge in [-0.3, -0.25) is 9.74 Å². The minimum atomic E-state index is -0.454. The van der Waals surface area contributed by atoms with E-state index in [1.165, 1.54) is 19.2 Å². The number of nitrogens with one attached hydrogen (secondary N) is 2. The van der Waals surface area contributed by atoms with Crippen molar-refractivity contribution in [1.82, 2.24) is 15.7 Å². The molecule has 1 aromatic carbocycles. The van der Waals surface area contributed by atoms with Crippen molar-refractivity contribution in [3.05, 3.63) is 34.6 Å². The molecule has 2 amide bonds. The summed E-state index contributed by atoms with van der Waals surface area (Å²) in [5, 5.41) is 2.91. The van der Waals surface area contributed by atoms with E-state index >= 15 is 0 Å². The molecule has 7 heteroatoms. The van der Waals surface area contributed by atoms with Crippen LogP contribution in [0.1, 0.15) is 18.0 Å². The predicted molar refractivity (Wildman–Crippen MR) is 73.9 cm³/mol. The van der Waals surface area contributed by atoms with Gasteiger partial charge in [0.1, 0.15) is 5.82 Å². The Labute approximate surface area is 122 Å². The number of rotatable bonds is 3. The fourth-order valence-corrected chi connectivity index (χ4v) is 2.69. The summed E-state index contributed by atoms with van der Waals surface area (Å²) in [6.07, 6.45) is 0.780. The summed E-state index contributed by atoms with van der Waals surface area (Å²) in [4.78, 5) is 18.2. The van der Waals surface area contributed by atoms with E-state index in [2.05, 4.69) is 20.5 Å². The quantitative estimate of drug-likeness (QED) is 0.841. The molecule has 0 aliphatic carbocycles. The SMILES string of the molecule is CONC(=O)N[C@@H]1CCN(C)[C@@H]1c1ccc(Cl)c(F)c1. The number of hydrogen-bond donors (Lipinski definition) is 2. The number of carbonyl (C=O) groups excluding carboxylic acids is 1. The summed E-state index contributed by atoms with van der Waals surface area (Å²) in [7, 11) is 3.31. The highest BCUT2D eigenvalue weighted by Gasteiger charge is 2.34. The zero-order chi connectivity index (χ0) is 14.7. The van der Waals surface area contributed by atoms with Crippen LogP contribution < -0.4 is 10.8 Å². The summed E-state index contributed by atoms with van der Waals surface area (Å²) in [6, 6.07) is 4.11. The monoisotopic (exact) mass is 301 g/mol.